The number of nitrogens with two attached hydrogens (primary N) is 1. The number of hydrogen-bond acceptors (Lipinski definition) is 6. The van der Waals surface area contributed by atoms with Crippen molar-refractivity contribution in [1.82, 2.24) is 4.90 Å². The molecule has 1 aliphatic carbocycles. The number of unbranched alkanes of at least 4 members (excludes halogenated alkanes) is 2. The van der Waals surface area contributed by atoms with Gasteiger partial charge in [0.05, 0.1) is 10.5 Å². The first-order valence-corrected chi connectivity index (χ1v) is 13.9. The van der Waals surface area contributed by atoms with Crippen molar-refractivity contribution in [2.24, 2.45) is 5.73 Å². The van der Waals surface area contributed by atoms with Crippen LogP contribution < -0.4 is 11.1 Å². The molecule has 1 aromatic heterocycles. The molecule has 6 nitrogen and oxygen atoms in total. The normalized spacial score (nSPS) is 16.6. The summed E-state index contributed by atoms with van der Waals surface area (Å²) in [6.07, 6.45) is 8.41. The first-order valence-electron chi connectivity index (χ1n) is 11.9. The molecule has 0 radical (unpaired) electrons. The van der Waals surface area contributed by atoms with Crippen LogP contribution in [0.15, 0.2) is 29.2 Å². The number of carbonyl (C=O) groups excluding carboxylic acids is 3. The predicted octanol–water partition coefficient (Wildman–Crippen LogP) is 5.43. The Hall–Kier alpha value is -2.49. The molecule has 35 heavy (non-hydrogen) atoms. The van der Waals surface area contributed by atoms with Crippen LogP contribution in [0.5, 0.6) is 0 Å². The highest BCUT2D eigenvalue weighted by atomic mass is 32.2. The first kappa shape index (κ1) is 25.6. The summed E-state index contributed by atoms with van der Waals surface area (Å²) in [6, 6.07) is 8.02. The third-order valence-electron chi connectivity index (χ3n) is 6.20. The van der Waals surface area contributed by atoms with Crippen LogP contribution in [0.1, 0.15) is 70.5 Å². The van der Waals surface area contributed by atoms with E-state index in [2.05, 4.69) is 5.32 Å². The largest absolute Gasteiger partial charge is 0.365 e. The van der Waals surface area contributed by atoms with Crippen molar-refractivity contribution < 1.29 is 14.4 Å². The maximum Gasteiger partial charge on any atom is 0.266 e. The van der Waals surface area contributed by atoms with Crippen LogP contribution in [0, 0.1) is 6.92 Å². The third-order valence-corrected chi connectivity index (χ3v) is 8.79. The predicted molar refractivity (Wildman–Crippen MR) is 148 cm³/mol. The minimum atomic E-state index is -0.473. The molecule has 9 heteroatoms. The van der Waals surface area contributed by atoms with Crippen LogP contribution in [0.3, 0.4) is 0 Å². The number of carbonyl (C=O) groups is 3. The van der Waals surface area contributed by atoms with Gasteiger partial charge in [-0.25, -0.2) is 0 Å². The number of thiophene rings is 1. The highest BCUT2D eigenvalue weighted by Gasteiger charge is 2.31. The second kappa shape index (κ2) is 11.5. The van der Waals surface area contributed by atoms with E-state index in [9.17, 15) is 14.4 Å². The molecule has 0 saturated carbocycles. The van der Waals surface area contributed by atoms with E-state index in [1.807, 2.05) is 37.3 Å². The van der Waals surface area contributed by atoms with Crippen LogP contribution in [0.25, 0.3) is 6.08 Å². The second-order valence-corrected chi connectivity index (χ2v) is 11.7. The van der Waals surface area contributed by atoms with E-state index in [4.69, 9.17) is 18.0 Å². The van der Waals surface area contributed by atoms with Crippen LogP contribution in [0.2, 0.25) is 0 Å². The number of amides is 3. The van der Waals surface area contributed by atoms with Crippen LogP contribution >= 0.6 is 35.3 Å². The standard InChI is InChI=1S/C26H29N3O3S3/c1-16-10-12-17(13-11-16)15-20-25(32)29(26(33)35-20)14-6-2-3-9-21(30)28-24-22(23(27)31)18-7-4-5-8-19(18)34-24/h10-13,15H,2-9,14H2,1H3,(H2,27,31)(H,28,30)/b20-15-. The average molecular weight is 528 g/mol. The lowest BCUT2D eigenvalue weighted by Gasteiger charge is -2.14. The molecule has 0 spiro atoms. The molecule has 0 unspecified atom stereocenters. The lowest BCUT2D eigenvalue weighted by Crippen LogP contribution is -2.29. The number of primary amides is 1. The molecular weight excluding hydrogens is 499 g/mol. The summed E-state index contributed by atoms with van der Waals surface area (Å²) in [5.74, 6) is -0.642. The summed E-state index contributed by atoms with van der Waals surface area (Å²) in [4.78, 5) is 40.7. The number of nitrogens with one attached hydrogen (secondary N) is 1. The van der Waals surface area contributed by atoms with Gasteiger partial charge in [0.25, 0.3) is 11.8 Å². The number of aryl methyl sites for hydroxylation is 2. The second-order valence-electron chi connectivity index (χ2n) is 8.88. The molecule has 3 amide bonds. The molecule has 2 heterocycles. The highest BCUT2D eigenvalue weighted by molar-refractivity contribution is 8.26. The number of thioether (sulfide) groups is 1. The fraction of sp³-hybridized carbons (Fsp3) is 0.385. The van der Waals surface area contributed by atoms with E-state index in [1.54, 1.807) is 4.90 Å². The van der Waals surface area contributed by atoms with E-state index < -0.39 is 5.91 Å². The van der Waals surface area contributed by atoms with Crippen molar-refractivity contribution in [3.63, 3.8) is 0 Å². The molecule has 2 aromatic rings. The van der Waals surface area contributed by atoms with Gasteiger partial charge in [-0.05, 0) is 62.7 Å². The molecule has 0 atom stereocenters. The van der Waals surface area contributed by atoms with Gasteiger partial charge >= 0.3 is 0 Å². The van der Waals surface area contributed by atoms with Crippen molar-refractivity contribution in [3.8, 4) is 0 Å². The maximum absolute atomic E-state index is 12.8. The van der Waals surface area contributed by atoms with Gasteiger partial charge in [-0.1, -0.05) is 60.2 Å². The fourth-order valence-electron chi connectivity index (χ4n) is 4.34. The molecule has 2 aliphatic rings. The quantitative estimate of drug-likeness (QED) is 0.258. The Morgan fingerprint density at radius 2 is 1.89 bits per heavy atom. The van der Waals surface area contributed by atoms with Gasteiger partial charge in [0.1, 0.15) is 9.32 Å². The van der Waals surface area contributed by atoms with E-state index in [0.717, 1.165) is 49.7 Å². The number of nitrogens with zero attached hydrogens (tertiary/aromatic N) is 1. The van der Waals surface area contributed by atoms with E-state index in [-0.39, 0.29) is 11.8 Å². The number of hydrogen-bond donors (Lipinski definition) is 2. The van der Waals surface area contributed by atoms with Gasteiger partial charge in [0, 0.05) is 17.8 Å². The minimum Gasteiger partial charge on any atom is -0.365 e. The van der Waals surface area contributed by atoms with Crippen molar-refractivity contribution in [2.75, 3.05) is 11.9 Å². The zero-order valence-electron chi connectivity index (χ0n) is 19.7. The zero-order chi connectivity index (χ0) is 24.9. The highest BCUT2D eigenvalue weighted by Crippen LogP contribution is 2.38. The van der Waals surface area contributed by atoms with Crippen LogP contribution in [-0.4, -0.2) is 33.5 Å². The topological polar surface area (TPSA) is 92.5 Å². The summed E-state index contributed by atoms with van der Waals surface area (Å²) >= 11 is 8.24. The lowest BCUT2D eigenvalue weighted by atomic mass is 9.95. The Kier molecular flexibility index (Phi) is 8.41. The van der Waals surface area contributed by atoms with Crippen molar-refractivity contribution >= 4 is 68.4 Å². The molecule has 1 aromatic carbocycles. The Morgan fingerprint density at radius 1 is 1.14 bits per heavy atom. The number of fused-ring (bicyclic) bond motifs is 1. The Bertz CT molecular complexity index is 1180. The van der Waals surface area contributed by atoms with Gasteiger partial charge in [-0.2, -0.15) is 0 Å². The fourth-order valence-corrected chi connectivity index (χ4v) is 6.96. The first-order chi connectivity index (χ1) is 16.8. The van der Waals surface area contributed by atoms with Gasteiger partial charge in [0.2, 0.25) is 5.91 Å². The lowest BCUT2D eigenvalue weighted by molar-refractivity contribution is -0.122. The third kappa shape index (κ3) is 6.20. The Balaban J connectivity index is 1.23. The Morgan fingerprint density at radius 3 is 2.63 bits per heavy atom. The SMILES string of the molecule is Cc1ccc(/C=C2\SC(=S)N(CCCCCC(=O)Nc3sc4c(c3C(N)=O)CCCC4)C2=O)cc1. The number of thiocarbonyl (C=S) groups is 1. The monoisotopic (exact) mass is 527 g/mol. The molecule has 184 valence electrons. The minimum absolute atomic E-state index is 0.0565. The zero-order valence-corrected chi connectivity index (χ0v) is 22.2. The molecule has 1 saturated heterocycles. The molecular formula is C26H29N3O3S3. The summed E-state index contributed by atoms with van der Waals surface area (Å²) in [5.41, 5.74) is 9.27. The number of rotatable bonds is 9. The van der Waals surface area contributed by atoms with Gasteiger partial charge in [-0.15, -0.1) is 11.3 Å². The van der Waals surface area contributed by atoms with Gasteiger partial charge < -0.3 is 11.1 Å². The van der Waals surface area contributed by atoms with E-state index >= 15 is 0 Å². The molecule has 4 rings (SSSR count). The van der Waals surface area contributed by atoms with Crippen molar-refractivity contribution in [2.45, 2.75) is 58.3 Å². The van der Waals surface area contributed by atoms with E-state index in [0.29, 0.717) is 39.2 Å². The number of anilines is 1. The van der Waals surface area contributed by atoms with Crippen molar-refractivity contribution in [3.05, 3.63) is 56.3 Å². The molecule has 1 fully saturated rings. The number of benzene rings is 1. The van der Waals surface area contributed by atoms with Crippen molar-refractivity contribution in [1.29, 1.82) is 0 Å². The summed E-state index contributed by atoms with van der Waals surface area (Å²) in [5, 5.41) is 3.50. The Labute approximate surface area is 219 Å². The maximum atomic E-state index is 12.8. The van der Waals surface area contributed by atoms with Crippen LogP contribution in [0.4, 0.5) is 5.00 Å². The molecule has 1 aliphatic heterocycles. The van der Waals surface area contributed by atoms with Crippen LogP contribution in [-0.2, 0) is 22.4 Å². The summed E-state index contributed by atoms with van der Waals surface area (Å²) in [6.45, 7) is 2.57. The summed E-state index contributed by atoms with van der Waals surface area (Å²) in [7, 11) is 0. The van der Waals surface area contributed by atoms with Gasteiger partial charge in [-0.3, -0.25) is 19.3 Å². The average Bonchev–Trinajstić information content (AvgIpc) is 3.31. The molecule has 3 N–H and O–H groups in total. The van der Waals surface area contributed by atoms with Gasteiger partial charge in [0.15, 0.2) is 0 Å². The smallest absolute Gasteiger partial charge is 0.266 e. The summed E-state index contributed by atoms with van der Waals surface area (Å²) < 4.78 is 0.576. The molecule has 0 bridgehead atoms. The van der Waals surface area contributed by atoms with E-state index in [1.165, 1.54) is 33.5 Å².